The van der Waals surface area contributed by atoms with Crippen molar-refractivity contribution >= 4 is 17.5 Å². The summed E-state index contributed by atoms with van der Waals surface area (Å²) in [4.78, 5) is 26.5. The van der Waals surface area contributed by atoms with Crippen LogP contribution in [0.5, 0.6) is 0 Å². The van der Waals surface area contributed by atoms with Crippen molar-refractivity contribution in [3.8, 4) is 0 Å². The zero-order chi connectivity index (χ0) is 17.2. The summed E-state index contributed by atoms with van der Waals surface area (Å²) < 4.78 is 0. The lowest BCUT2D eigenvalue weighted by Gasteiger charge is -2.26. The average molecular weight is 334 g/mol. The SMILES string of the molecule is O=C(N[C@@H]1CCCc2ccccc21)c1cccc(N2CCCC2=O)c1. The van der Waals surface area contributed by atoms with Gasteiger partial charge in [-0.1, -0.05) is 30.3 Å². The van der Waals surface area contributed by atoms with E-state index in [0.29, 0.717) is 12.0 Å². The van der Waals surface area contributed by atoms with E-state index < -0.39 is 0 Å². The van der Waals surface area contributed by atoms with Crippen LogP contribution < -0.4 is 10.2 Å². The van der Waals surface area contributed by atoms with Gasteiger partial charge in [0.1, 0.15) is 0 Å². The van der Waals surface area contributed by atoms with Crippen LogP contribution in [-0.4, -0.2) is 18.4 Å². The summed E-state index contributed by atoms with van der Waals surface area (Å²) in [5, 5.41) is 3.18. The third-order valence-electron chi connectivity index (χ3n) is 5.17. The van der Waals surface area contributed by atoms with Crippen molar-refractivity contribution in [2.75, 3.05) is 11.4 Å². The zero-order valence-corrected chi connectivity index (χ0v) is 14.2. The van der Waals surface area contributed by atoms with E-state index in [1.54, 1.807) is 4.90 Å². The first-order valence-electron chi connectivity index (χ1n) is 9.01. The lowest BCUT2D eigenvalue weighted by atomic mass is 9.87. The summed E-state index contributed by atoms with van der Waals surface area (Å²) >= 11 is 0. The van der Waals surface area contributed by atoms with Gasteiger partial charge in [0.15, 0.2) is 0 Å². The Labute approximate surface area is 147 Å². The van der Waals surface area contributed by atoms with Crippen molar-refractivity contribution < 1.29 is 9.59 Å². The molecule has 1 heterocycles. The molecule has 1 N–H and O–H groups in total. The summed E-state index contributed by atoms with van der Waals surface area (Å²) in [5.41, 5.74) is 3.99. The second-order valence-corrected chi connectivity index (χ2v) is 6.82. The largest absolute Gasteiger partial charge is 0.345 e. The van der Waals surface area contributed by atoms with Gasteiger partial charge in [-0.05, 0) is 55.0 Å². The van der Waals surface area contributed by atoms with Gasteiger partial charge in [-0.25, -0.2) is 0 Å². The van der Waals surface area contributed by atoms with Gasteiger partial charge in [0, 0.05) is 24.2 Å². The molecular formula is C21H22N2O2. The Kier molecular flexibility index (Phi) is 4.26. The lowest BCUT2D eigenvalue weighted by molar-refractivity contribution is -0.117. The quantitative estimate of drug-likeness (QED) is 0.932. The zero-order valence-electron chi connectivity index (χ0n) is 14.2. The first-order valence-corrected chi connectivity index (χ1v) is 9.01. The predicted molar refractivity (Wildman–Crippen MR) is 97.6 cm³/mol. The summed E-state index contributed by atoms with van der Waals surface area (Å²) in [6, 6.07) is 15.8. The fourth-order valence-electron chi connectivity index (χ4n) is 3.88. The molecular weight excluding hydrogens is 312 g/mol. The number of rotatable bonds is 3. The standard InChI is InChI=1S/C21H22N2O2/c24-20-12-5-13-23(20)17-9-3-8-16(14-17)21(25)22-19-11-4-7-15-6-1-2-10-18(15)19/h1-3,6,8-10,14,19H,4-5,7,11-13H2,(H,22,25)/t19-/m1/s1. The van der Waals surface area contributed by atoms with Crippen molar-refractivity contribution in [3.63, 3.8) is 0 Å². The van der Waals surface area contributed by atoms with Gasteiger partial charge in [-0.3, -0.25) is 9.59 Å². The molecule has 2 aromatic rings. The molecule has 1 saturated heterocycles. The Morgan fingerprint density at radius 2 is 1.92 bits per heavy atom. The minimum absolute atomic E-state index is 0.0644. The van der Waals surface area contributed by atoms with E-state index in [2.05, 4.69) is 23.5 Å². The van der Waals surface area contributed by atoms with Crippen LogP contribution in [0.2, 0.25) is 0 Å². The molecule has 2 aliphatic rings. The molecule has 1 aliphatic heterocycles. The molecule has 1 fully saturated rings. The Balaban J connectivity index is 1.53. The minimum Gasteiger partial charge on any atom is -0.345 e. The maximum Gasteiger partial charge on any atom is 0.251 e. The van der Waals surface area contributed by atoms with E-state index in [4.69, 9.17) is 0 Å². The van der Waals surface area contributed by atoms with Crippen molar-refractivity contribution in [1.29, 1.82) is 0 Å². The number of fused-ring (bicyclic) bond motifs is 1. The normalized spacial score (nSPS) is 19.6. The van der Waals surface area contributed by atoms with E-state index in [9.17, 15) is 9.59 Å². The second-order valence-electron chi connectivity index (χ2n) is 6.82. The van der Waals surface area contributed by atoms with Gasteiger partial charge in [0.05, 0.1) is 6.04 Å². The van der Waals surface area contributed by atoms with Gasteiger partial charge in [0.25, 0.3) is 5.91 Å². The Hall–Kier alpha value is -2.62. The summed E-state index contributed by atoms with van der Waals surface area (Å²) in [7, 11) is 0. The smallest absolute Gasteiger partial charge is 0.251 e. The molecule has 25 heavy (non-hydrogen) atoms. The maximum absolute atomic E-state index is 12.8. The van der Waals surface area contributed by atoms with Gasteiger partial charge in [-0.2, -0.15) is 0 Å². The highest BCUT2D eigenvalue weighted by Gasteiger charge is 2.24. The molecule has 2 aromatic carbocycles. The minimum atomic E-state index is -0.0739. The lowest BCUT2D eigenvalue weighted by Crippen LogP contribution is -2.31. The molecule has 0 aromatic heterocycles. The molecule has 4 heteroatoms. The molecule has 0 spiro atoms. The van der Waals surface area contributed by atoms with Gasteiger partial charge >= 0.3 is 0 Å². The fraction of sp³-hybridized carbons (Fsp3) is 0.333. The van der Waals surface area contributed by atoms with E-state index in [-0.39, 0.29) is 17.9 Å². The fourth-order valence-corrected chi connectivity index (χ4v) is 3.88. The van der Waals surface area contributed by atoms with Crippen LogP contribution in [0.4, 0.5) is 5.69 Å². The van der Waals surface area contributed by atoms with Crippen molar-refractivity contribution in [3.05, 3.63) is 65.2 Å². The van der Waals surface area contributed by atoms with Crippen LogP contribution in [-0.2, 0) is 11.2 Å². The summed E-state index contributed by atoms with van der Waals surface area (Å²) in [6.45, 7) is 0.736. The van der Waals surface area contributed by atoms with Gasteiger partial charge < -0.3 is 10.2 Å². The number of hydrogen-bond acceptors (Lipinski definition) is 2. The van der Waals surface area contributed by atoms with Crippen molar-refractivity contribution in [2.24, 2.45) is 0 Å². The predicted octanol–water partition coefficient (Wildman–Crippen LogP) is 3.62. The third kappa shape index (κ3) is 3.16. The molecule has 0 unspecified atom stereocenters. The molecule has 2 amide bonds. The first-order chi connectivity index (χ1) is 12.2. The number of carbonyl (C=O) groups is 2. The van der Waals surface area contributed by atoms with E-state index in [0.717, 1.165) is 37.9 Å². The van der Waals surface area contributed by atoms with Gasteiger partial charge in [0.2, 0.25) is 5.91 Å². The van der Waals surface area contributed by atoms with Crippen LogP contribution in [0.3, 0.4) is 0 Å². The first kappa shape index (κ1) is 15.9. The van der Waals surface area contributed by atoms with E-state index in [1.807, 2.05) is 30.3 Å². The van der Waals surface area contributed by atoms with Crippen LogP contribution in [0.25, 0.3) is 0 Å². The van der Waals surface area contributed by atoms with Crippen LogP contribution in [0, 0.1) is 0 Å². The number of amides is 2. The van der Waals surface area contributed by atoms with E-state index in [1.165, 1.54) is 11.1 Å². The van der Waals surface area contributed by atoms with Gasteiger partial charge in [-0.15, -0.1) is 0 Å². The molecule has 1 aliphatic carbocycles. The van der Waals surface area contributed by atoms with Crippen molar-refractivity contribution in [1.82, 2.24) is 5.32 Å². The number of nitrogens with one attached hydrogen (secondary N) is 1. The number of aryl methyl sites for hydroxylation is 1. The number of benzene rings is 2. The topological polar surface area (TPSA) is 49.4 Å². The highest BCUT2D eigenvalue weighted by atomic mass is 16.2. The summed E-state index contributed by atoms with van der Waals surface area (Å²) in [5.74, 6) is 0.0639. The monoisotopic (exact) mass is 334 g/mol. The molecule has 0 bridgehead atoms. The Bertz CT molecular complexity index is 815. The molecule has 128 valence electrons. The number of anilines is 1. The molecule has 0 saturated carbocycles. The molecule has 4 rings (SSSR count). The summed E-state index contributed by atoms with van der Waals surface area (Å²) in [6.07, 6.45) is 4.61. The Morgan fingerprint density at radius 1 is 1.04 bits per heavy atom. The number of nitrogens with zero attached hydrogens (tertiary/aromatic N) is 1. The highest BCUT2D eigenvalue weighted by Crippen LogP contribution is 2.30. The second kappa shape index (κ2) is 6.71. The number of carbonyl (C=O) groups excluding carboxylic acids is 2. The van der Waals surface area contributed by atoms with Crippen molar-refractivity contribution in [2.45, 2.75) is 38.1 Å². The number of hydrogen-bond donors (Lipinski definition) is 1. The third-order valence-corrected chi connectivity index (χ3v) is 5.17. The van der Waals surface area contributed by atoms with Crippen LogP contribution in [0.15, 0.2) is 48.5 Å². The highest BCUT2D eigenvalue weighted by molar-refractivity contribution is 5.99. The van der Waals surface area contributed by atoms with Crippen LogP contribution >= 0.6 is 0 Å². The molecule has 1 atom stereocenters. The Morgan fingerprint density at radius 3 is 2.76 bits per heavy atom. The maximum atomic E-state index is 12.8. The van der Waals surface area contributed by atoms with E-state index >= 15 is 0 Å². The molecule has 0 radical (unpaired) electrons. The average Bonchev–Trinajstić information content (AvgIpc) is 3.08. The molecule has 4 nitrogen and oxygen atoms in total. The van der Waals surface area contributed by atoms with Crippen LogP contribution in [0.1, 0.15) is 53.2 Å².